The molecule has 1 aliphatic rings. The summed E-state index contributed by atoms with van der Waals surface area (Å²) in [4.78, 5) is 0. The summed E-state index contributed by atoms with van der Waals surface area (Å²) in [6.45, 7) is 5.51. The maximum atomic E-state index is 12.4. The molecule has 2 rings (SSSR count). The Labute approximate surface area is 121 Å². The zero-order chi connectivity index (χ0) is 14.8. The lowest BCUT2D eigenvalue weighted by atomic mass is 9.90. The maximum absolute atomic E-state index is 12.4. The van der Waals surface area contributed by atoms with Crippen molar-refractivity contribution >= 4 is 10.0 Å². The summed E-state index contributed by atoms with van der Waals surface area (Å²) in [5.74, 6) is 0.996. The molecular formula is C15H20N2O2S. The Bertz CT molecular complexity index is 602. The fourth-order valence-corrected chi connectivity index (χ4v) is 4.10. The van der Waals surface area contributed by atoms with Crippen LogP contribution in [0.3, 0.4) is 0 Å². The van der Waals surface area contributed by atoms with Gasteiger partial charge in [-0.15, -0.1) is 0 Å². The third-order valence-corrected chi connectivity index (χ3v) is 5.94. The summed E-state index contributed by atoms with van der Waals surface area (Å²) in [7, 11) is -3.26. The molecule has 0 spiro atoms. The summed E-state index contributed by atoms with van der Waals surface area (Å²) in [5, 5.41) is 8.74. The van der Waals surface area contributed by atoms with Gasteiger partial charge in [0, 0.05) is 13.1 Å². The molecule has 2 atom stereocenters. The topological polar surface area (TPSA) is 61.2 Å². The Morgan fingerprint density at radius 1 is 1.25 bits per heavy atom. The molecule has 0 bridgehead atoms. The molecule has 1 aliphatic heterocycles. The molecule has 0 aromatic heterocycles. The number of piperidine rings is 1. The SMILES string of the molecule is CC1CCN(S(=O)(=O)Cc2ccc(C#N)cc2)CC1C. The minimum atomic E-state index is -3.26. The molecule has 5 heteroatoms. The van der Waals surface area contributed by atoms with E-state index in [1.807, 2.05) is 6.07 Å². The third-order valence-electron chi connectivity index (χ3n) is 4.12. The van der Waals surface area contributed by atoms with E-state index in [0.717, 1.165) is 12.0 Å². The van der Waals surface area contributed by atoms with Gasteiger partial charge in [0.25, 0.3) is 0 Å². The van der Waals surface area contributed by atoms with Gasteiger partial charge in [0.15, 0.2) is 0 Å². The number of hydrogen-bond acceptors (Lipinski definition) is 3. The fourth-order valence-electron chi connectivity index (χ4n) is 2.45. The largest absolute Gasteiger partial charge is 0.218 e. The van der Waals surface area contributed by atoms with Crippen LogP contribution in [0.5, 0.6) is 0 Å². The highest BCUT2D eigenvalue weighted by molar-refractivity contribution is 7.88. The number of rotatable bonds is 3. The Kier molecular flexibility index (Phi) is 4.46. The standard InChI is InChI=1S/C15H20N2O2S/c1-12-7-8-17(10-13(12)2)20(18,19)11-15-5-3-14(9-16)4-6-15/h3-6,12-13H,7-8,10-11H2,1-2H3. The minimum Gasteiger partial charge on any atom is -0.212 e. The molecule has 2 unspecified atom stereocenters. The summed E-state index contributed by atoms with van der Waals surface area (Å²) < 4.78 is 26.5. The van der Waals surface area contributed by atoms with Gasteiger partial charge >= 0.3 is 0 Å². The summed E-state index contributed by atoms with van der Waals surface area (Å²) >= 11 is 0. The number of benzene rings is 1. The van der Waals surface area contributed by atoms with Crippen LogP contribution in [-0.2, 0) is 15.8 Å². The van der Waals surface area contributed by atoms with Gasteiger partial charge in [0.2, 0.25) is 10.0 Å². The second kappa shape index (κ2) is 5.94. The predicted molar refractivity (Wildman–Crippen MR) is 78.3 cm³/mol. The number of sulfonamides is 1. The first-order valence-electron chi connectivity index (χ1n) is 6.89. The highest BCUT2D eigenvalue weighted by Gasteiger charge is 2.30. The summed E-state index contributed by atoms with van der Waals surface area (Å²) in [6, 6.07) is 8.78. The zero-order valence-electron chi connectivity index (χ0n) is 11.9. The van der Waals surface area contributed by atoms with Crippen LogP contribution in [0.25, 0.3) is 0 Å². The van der Waals surface area contributed by atoms with Crippen molar-refractivity contribution in [2.24, 2.45) is 11.8 Å². The average Bonchev–Trinajstić information content (AvgIpc) is 2.42. The van der Waals surface area contributed by atoms with Gasteiger partial charge in [0.05, 0.1) is 17.4 Å². The lowest BCUT2D eigenvalue weighted by Crippen LogP contribution is -2.42. The predicted octanol–water partition coefficient (Wildman–Crippen LogP) is 2.37. The van der Waals surface area contributed by atoms with Crippen molar-refractivity contribution in [3.8, 4) is 6.07 Å². The smallest absolute Gasteiger partial charge is 0.212 e. The third kappa shape index (κ3) is 3.38. The van der Waals surface area contributed by atoms with E-state index in [2.05, 4.69) is 13.8 Å². The Morgan fingerprint density at radius 2 is 1.90 bits per heavy atom. The second-order valence-corrected chi connectivity index (χ2v) is 7.64. The second-order valence-electron chi connectivity index (χ2n) is 5.67. The van der Waals surface area contributed by atoms with E-state index in [1.165, 1.54) is 0 Å². The van der Waals surface area contributed by atoms with Gasteiger partial charge in [-0.05, 0) is 36.0 Å². The van der Waals surface area contributed by atoms with Gasteiger partial charge in [-0.2, -0.15) is 5.26 Å². The van der Waals surface area contributed by atoms with E-state index in [4.69, 9.17) is 5.26 Å². The van der Waals surface area contributed by atoms with Crippen LogP contribution in [0, 0.1) is 23.2 Å². The molecule has 0 N–H and O–H groups in total. The van der Waals surface area contributed by atoms with E-state index in [1.54, 1.807) is 28.6 Å². The lowest BCUT2D eigenvalue weighted by Gasteiger charge is -2.34. The molecule has 1 aromatic rings. The van der Waals surface area contributed by atoms with E-state index < -0.39 is 10.0 Å². The molecule has 4 nitrogen and oxygen atoms in total. The summed E-state index contributed by atoms with van der Waals surface area (Å²) in [6.07, 6.45) is 0.924. The van der Waals surface area contributed by atoms with E-state index in [-0.39, 0.29) is 5.75 Å². The van der Waals surface area contributed by atoms with Gasteiger partial charge in [-0.25, -0.2) is 12.7 Å². The first-order valence-corrected chi connectivity index (χ1v) is 8.50. The molecule has 108 valence electrons. The molecule has 20 heavy (non-hydrogen) atoms. The van der Waals surface area contributed by atoms with Crippen molar-refractivity contribution in [2.75, 3.05) is 13.1 Å². The quantitative estimate of drug-likeness (QED) is 0.859. The van der Waals surface area contributed by atoms with Crippen LogP contribution < -0.4 is 0 Å². The van der Waals surface area contributed by atoms with Crippen molar-refractivity contribution in [2.45, 2.75) is 26.0 Å². The molecule has 1 aromatic carbocycles. The van der Waals surface area contributed by atoms with Crippen molar-refractivity contribution < 1.29 is 8.42 Å². The average molecular weight is 292 g/mol. The zero-order valence-corrected chi connectivity index (χ0v) is 12.7. The van der Waals surface area contributed by atoms with Crippen LogP contribution in [0.4, 0.5) is 0 Å². The monoisotopic (exact) mass is 292 g/mol. The summed E-state index contributed by atoms with van der Waals surface area (Å²) in [5.41, 5.74) is 1.28. The van der Waals surface area contributed by atoms with Crippen molar-refractivity contribution in [1.82, 2.24) is 4.31 Å². The molecule has 1 saturated heterocycles. The molecular weight excluding hydrogens is 272 g/mol. The van der Waals surface area contributed by atoms with Gasteiger partial charge in [-0.1, -0.05) is 26.0 Å². The maximum Gasteiger partial charge on any atom is 0.218 e. The number of nitriles is 1. The molecule has 0 saturated carbocycles. The molecule has 0 amide bonds. The van der Waals surface area contributed by atoms with Gasteiger partial charge < -0.3 is 0 Å². The minimum absolute atomic E-state index is 0.0137. The molecule has 0 radical (unpaired) electrons. The van der Waals surface area contributed by atoms with Crippen LogP contribution >= 0.6 is 0 Å². The number of hydrogen-bond donors (Lipinski definition) is 0. The Balaban J connectivity index is 2.09. The van der Waals surface area contributed by atoms with Gasteiger partial charge in [-0.3, -0.25) is 0 Å². The Morgan fingerprint density at radius 3 is 2.45 bits per heavy atom. The van der Waals surface area contributed by atoms with Gasteiger partial charge in [0.1, 0.15) is 0 Å². The first kappa shape index (κ1) is 15.0. The highest BCUT2D eigenvalue weighted by atomic mass is 32.2. The molecule has 0 aliphatic carbocycles. The molecule has 1 heterocycles. The van der Waals surface area contributed by atoms with Crippen molar-refractivity contribution in [3.05, 3.63) is 35.4 Å². The normalized spacial score (nSPS) is 24.2. The highest BCUT2D eigenvalue weighted by Crippen LogP contribution is 2.25. The van der Waals surface area contributed by atoms with Crippen molar-refractivity contribution in [1.29, 1.82) is 5.26 Å². The van der Waals surface area contributed by atoms with Crippen LogP contribution in [-0.4, -0.2) is 25.8 Å². The van der Waals surface area contributed by atoms with E-state index in [9.17, 15) is 8.42 Å². The van der Waals surface area contributed by atoms with Crippen LogP contribution in [0.1, 0.15) is 31.4 Å². The molecule has 1 fully saturated rings. The first-order chi connectivity index (χ1) is 9.42. The van der Waals surface area contributed by atoms with Crippen molar-refractivity contribution in [3.63, 3.8) is 0 Å². The van der Waals surface area contributed by atoms with E-state index in [0.29, 0.717) is 30.5 Å². The van der Waals surface area contributed by atoms with E-state index >= 15 is 0 Å². The number of nitrogens with zero attached hydrogens (tertiary/aromatic N) is 2. The van der Waals surface area contributed by atoms with Crippen LogP contribution in [0.15, 0.2) is 24.3 Å². The fraction of sp³-hybridized carbons (Fsp3) is 0.533. The van der Waals surface area contributed by atoms with Crippen LogP contribution in [0.2, 0.25) is 0 Å². The Hall–Kier alpha value is -1.38. The lowest BCUT2D eigenvalue weighted by molar-refractivity contribution is 0.212.